The maximum Gasteiger partial charge on any atom is 0.234 e. The van der Waals surface area contributed by atoms with E-state index in [-0.39, 0.29) is 5.88 Å². The van der Waals surface area contributed by atoms with E-state index >= 15 is 0 Å². The van der Waals surface area contributed by atoms with Crippen molar-refractivity contribution in [3.8, 4) is 22.8 Å². The van der Waals surface area contributed by atoms with E-state index in [0.29, 0.717) is 5.92 Å². The smallest absolute Gasteiger partial charge is 0.234 e. The number of rotatable bonds is 4. The molecule has 0 aliphatic carbocycles. The van der Waals surface area contributed by atoms with Crippen LogP contribution in [0, 0.1) is 19.8 Å². The molecule has 1 N–H and O–H groups in total. The van der Waals surface area contributed by atoms with Gasteiger partial charge in [0.05, 0.1) is 11.4 Å². The summed E-state index contributed by atoms with van der Waals surface area (Å²) in [6.07, 6.45) is 0.793. The Morgan fingerprint density at radius 1 is 1.04 bits per heavy atom. The maximum absolute atomic E-state index is 10.5. The lowest BCUT2D eigenvalue weighted by Gasteiger charge is -2.13. The molecule has 2 aromatic carbocycles. The molecular weight excluding hydrogens is 296 g/mol. The van der Waals surface area contributed by atoms with E-state index in [4.69, 9.17) is 0 Å². The zero-order valence-corrected chi connectivity index (χ0v) is 14.7. The minimum Gasteiger partial charge on any atom is -0.492 e. The second kappa shape index (κ2) is 6.52. The van der Waals surface area contributed by atoms with Gasteiger partial charge in [-0.15, -0.1) is 5.10 Å². The van der Waals surface area contributed by atoms with Gasteiger partial charge in [0.1, 0.15) is 0 Å². The number of aromatic hydroxyl groups is 1. The average Bonchev–Trinajstić information content (AvgIpc) is 2.84. The Labute approximate surface area is 143 Å². The molecule has 0 spiro atoms. The molecule has 1 aromatic heterocycles. The summed E-state index contributed by atoms with van der Waals surface area (Å²) in [4.78, 5) is 0. The van der Waals surface area contributed by atoms with Crippen molar-refractivity contribution in [2.75, 3.05) is 0 Å². The molecule has 0 saturated carbocycles. The Balaban J connectivity index is 2.28. The normalized spacial score (nSPS) is 11.2. The standard InChI is InChI=1S/C21H24N2O/c1-14(2)12-18-20(17-10-7-8-15(3)13-17)23(22-21(18)24)19-11-6-5-9-16(19)4/h5-11,13-14H,12H2,1-4H3,(H,22,24). The van der Waals surface area contributed by atoms with Crippen LogP contribution in [0.5, 0.6) is 5.88 Å². The van der Waals surface area contributed by atoms with Gasteiger partial charge in [-0.3, -0.25) is 0 Å². The molecular formula is C21H24N2O. The van der Waals surface area contributed by atoms with Gasteiger partial charge in [0.2, 0.25) is 5.88 Å². The zero-order chi connectivity index (χ0) is 17.3. The second-order valence-corrected chi connectivity index (χ2v) is 6.82. The second-order valence-electron chi connectivity index (χ2n) is 6.82. The number of aromatic nitrogens is 2. The van der Waals surface area contributed by atoms with Gasteiger partial charge in [-0.25, -0.2) is 4.68 Å². The molecule has 3 nitrogen and oxygen atoms in total. The van der Waals surface area contributed by atoms with E-state index in [1.165, 1.54) is 5.56 Å². The fourth-order valence-corrected chi connectivity index (χ4v) is 3.10. The highest BCUT2D eigenvalue weighted by Gasteiger charge is 2.21. The van der Waals surface area contributed by atoms with E-state index in [1.54, 1.807) is 0 Å². The lowest BCUT2D eigenvalue weighted by atomic mass is 9.98. The fraction of sp³-hybridized carbons (Fsp3) is 0.286. The van der Waals surface area contributed by atoms with E-state index < -0.39 is 0 Å². The number of hydrogen-bond donors (Lipinski definition) is 1. The SMILES string of the molecule is Cc1cccc(-c2c(CC(C)C)c(O)nn2-c2ccccc2C)c1. The van der Waals surface area contributed by atoms with Crippen molar-refractivity contribution in [3.05, 3.63) is 65.2 Å². The Kier molecular flexibility index (Phi) is 4.43. The third-order valence-electron chi connectivity index (χ3n) is 4.21. The number of aryl methyl sites for hydroxylation is 2. The lowest BCUT2D eigenvalue weighted by molar-refractivity contribution is 0.438. The van der Waals surface area contributed by atoms with Crippen molar-refractivity contribution >= 4 is 0 Å². The van der Waals surface area contributed by atoms with E-state index in [0.717, 1.165) is 34.5 Å². The number of nitrogens with zero attached hydrogens (tertiary/aromatic N) is 2. The largest absolute Gasteiger partial charge is 0.492 e. The van der Waals surface area contributed by atoms with Gasteiger partial charge in [-0.1, -0.05) is 55.8 Å². The van der Waals surface area contributed by atoms with Gasteiger partial charge >= 0.3 is 0 Å². The highest BCUT2D eigenvalue weighted by atomic mass is 16.3. The minimum absolute atomic E-state index is 0.128. The van der Waals surface area contributed by atoms with Gasteiger partial charge in [-0.2, -0.15) is 0 Å². The summed E-state index contributed by atoms with van der Waals surface area (Å²) in [6, 6.07) is 16.5. The van der Waals surface area contributed by atoms with E-state index in [9.17, 15) is 5.11 Å². The van der Waals surface area contributed by atoms with E-state index in [2.05, 4.69) is 63.1 Å². The topological polar surface area (TPSA) is 38.1 Å². The molecule has 0 amide bonds. The Morgan fingerprint density at radius 2 is 1.79 bits per heavy atom. The molecule has 3 aromatic rings. The summed E-state index contributed by atoms with van der Waals surface area (Å²) in [5.41, 5.74) is 6.31. The van der Waals surface area contributed by atoms with Crippen LogP contribution in [0.25, 0.3) is 16.9 Å². The molecule has 3 heteroatoms. The lowest BCUT2D eigenvalue weighted by Crippen LogP contribution is -2.03. The van der Waals surface area contributed by atoms with Gasteiger partial charge < -0.3 is 5.11 Å². The first-order chi connectivity index (χ1) is 11.5. The molecule has 0 bridgehead atoms. The molecule has 3 rings (SSSR count). The molecule has 0 fully saturated rings. The molecule has 0 radical (unpaired) electrons. The van der Waals surface area contributed by atoms with Crippen LogP contribution in [0.2, 0.25) is 0 Å². The summed E-state index contributed by atoms with van der Waals surface area (Å²) in [5, 5.41) is 15.0. The molecule has 0 saturated heterocycles. The Bertz CT molecular complexity index is 862. The highest BCUT2D eigenvalue weighted by Crippen LogP contribution is 2.35. The highest BCUT2D eigenvalue weighted by molar-refractivity contribution is 5.69. The summed E-state index contributed by atoms with van der Waals surface area (Å²) >= 11 is 0. The fourth-order valence-electron chi connectivity index (χ4n) is 3.10. The van der Waals surface area contributed by atoms with Crippen molar-refractivity contribution in [1.82, 2.24) is 9.78 Å². The van der Waals surface area contributed by atoms with Crippen LogP contribution >= 0.6 is 0 Å². The quantitative estimate of drug-likeness (QED) is 0.729. The first-order valence-electron chi connectivity index (χ1n) is 8.41. The number of para-hydroxylation sites is 1. The molecule has 0 unspecified atom stereocenters. The van der Waals surface area contributed by atoms with Gasteiger partial charge in [-0.05, 0) is 43.9 Å². The van der Waals surface area contributed by atoms with Crippen LogP contribution in [0.1, 0.15) is 30.5 Å². The molecule has 0 aliphatic heterocycles. The Morgan fingerprint density at radius 3 is 2.46 bits per heavy atom. The van der Waals surface area contributed by atoms with Crippen molar-refractivity contribution < 1.29 is 5.11 Å². The third-order valence-corrected chi connectivity index (χ3v) is 4.21. The van der Waals surface area contributed by atoms with Crippen LogP contribution in [0.4, 0.5) is 0 Å². The third kappa shape index (κ3) is 3.07. The summed E-state index contributed by atoms with van der Waals surface area (Å²) < 4.78 is 1.89. The average molecular weight is 320 g/mol. The molecule has 0 aliphatic rings. The zero-order valence-electron chi connectivity index (χ0n) is 14.7. The van der Waals surface area contributed by atoms with Gasteiger partial charge in [0.15, 0.2) is 0 Å². The predicted molar refractivity (Wildman–Crippen MR) is 98.7 cm³/mol. The minimum atomic E-state index is 0.128. The predicted octanol–water partition coefficient (Wildman–Crippen LogP) is 5.06. The van der Waals surface area contributed by atoms with Crippen LogP contribution < -0.4 is 0 Å². The molecule has 24 heavy (non-hydrogen) atoms. The summed E-state index contributed by atoms with van der Waals surface area (Å²) in [5.74, 6) is 0.567. The van der Waals surface area contributed by atoms with Crippen molar-refractivity contribution in [2.45, 2.75) is 34.1 Å². The first kappa shape index (κ1) is 16.3. The van der Waals surface area contributed by atoms with Gasteiger partial charge in [0, 0.05) is 11.1 Å². The number of hydrogen-bond acceptors (Lipinski definition) is 2. The summed E-state index contributed by atoms with van der Waals surface area (Å²) in [7, 11) is 0. The van der Waals surface area contributed by atoms with Crippen LogP contribution in [0.3, 0.4) is 0 Å². The number of benzene rings is 2. The van der Waals surface area contributed by atoms with Crippen molar-refractivity contribution in [2.24, 2.45) is 5.92 Å². The first-order valence-corrected chi connectivity index (χ1v) is 8.41. The van der Waals surface area contributed by atoms with Crippen LogP contribution in [-0.2, 0) is 6.42 Å². The monoisotopic (exact) mass is 320 g/mol. The van der Waals surface area contributed by atoms with Gasteiger partial charge in [0.25, 0.3) is 0 Å². The maximum atomic E-state index is 10.5. The Hall–Kier alpha value is -2.55. The summed E-state index contributed by atoms with van der Waals surface area (Å²) in [6.45, 7) is 8.46. The molecule has 0 atom stereocenters. The van der Waals surface area contributed by atoms with Crippen LogP contribution in [0.15, 0.2) is 48.5 Å². The van der Waals surface area contributed by atoms with E-state index in [1.807, 2.05) is 22.9 Å². The molecule has 124 valence electrons. The van der Waals surface area contributed by atoms with Crippen molar-refractivity contribution in [3.63, 3.8) is 0 Å². The van der Waals surface area contributed by atoms with Crippen molar-refractivity contribution in [1.29, 1.82) is 0 Å². The van der Waals surface area contributed by atoms with Crippen LogP contribution in [-0.4, -0.2) is 14.9 Å². The molecule has 1 heterocycles.